The van der Waals surface area contributed by atoms with Crippen molar-refractivity contribution in [1.29, 1.82) is 0 Å². The Morgan fingerprint density at radius 1 is 1.47 bits per heavy atom. The normalized spacial score (nSPS) is 10.4. The molecule has 1 rings (SSSR count). The lowest BCUT2D eigenvalue weighted by Gasteiger charge is -2.09. The van der Waals surface area contributed by atoms with Crippen LogP contribution in [0.15, 0.2) is 18.2 Å². The highest BCUT2D eigenvalue weighted by Gasteiger charge is 2.09. The maximum atomic E-state index is 11.7. The van der Waals surface area contributed by atoms with E-state index in [0.717, 1.165) is 5.56 Å². The minimum atomic E-state index is -0.0822. The van der Waals surface area contributed by atoms with Gasteiger partial charge in [0.15, 0.2) is 0 Å². The van der Waals surface area contributed by atoms with E-state index in [1.54, 1.807) is 12.1 Å². The first-order valence-electron chi connectivity index (χ1n) is 5.08. The van der Waals surface area contributed by atoms with Crippen molar-refractivity contribution in [2.75, 3.05) is 6.54 Å². The largest absolute Gasteiger partial charge is 0.508 e. The molecule has 0 saturated heterocycles. The van der Waals surface area contributed by atoms with Crippen LogP contribution in [0.3, 0.4) is 0 Å². The minimum absolute atomic E-state index is 0.0822. The van der Waals surface area contributed by atoms with Gasteiger partial charge in [0.05, 0.1) is 0 Å². The van der Waals surface area contributed by atoms with E-state index in [-0.39, 0.29) is 11.7 Å². The molecule has 15 heavy (non-hydrogen) atoms. The zero-order valence-electron chi connectivity index (χ0n) is 9.37. The number of carbonyl (C=O) groups is 1. The first kappa shape index (κ1) is 11.6. The van der Waals surface area contributed by atoms with E-state index in [9.17, 15) is 9.90 Å². The van der Waals surface area contributed by atoms with Crippen molar-refractivity contribution in [3.8, 4) is 5.75 Å². The van der Waals surface area contributed by atoms with E-state index >= 15 is 0 Å². The number of phenolic OH excluding ortho intramolecular Hbond substituents is 1. The SMILES string of the molecule is Cc1cc(O)ccc1C(=O)NCC(C)C. The second kappa shape index (κ2) is 4.82. The molecule has 0 unspecified atom stereocenters. The van der Waals surface area contributed by atoms with Crippen molar-refractivity contribution in [3.05, 3.63) is 29.3 Å². The highest BCUT2D eigenvalue weighted by atomic mass is 16.3. The van der Waals surface area contributed by atoms with Gasteiger partial charge in [-0.05, 0) is 36.6 Å². The molecule has 0 aliphatic rings. The Bertz CT molecular complexity index is 359. The van der Waals surface area contributed by atoms with Crippen LogP contribution in [0.2, 0.25) is 0 Å². The lowest BCUT2D eigenvalue weighted by molar-refractivity contribution is 0.0948. The number of rotatable bonds is 3. The molecule has 1 aromatic carbocycles. The van der Waals surface area contributed by atoms with Crippen molar-refractivity contribution in [2.24, 2.45) is 5.92 Å². The summed E-state index contributed by atoms with van der Waals surface area (Å²) in [5.41, 5.74) is 1.41. The fourth-order valence-corrected chi connectivity index (χ4v) is 1.29. The summed E-state index contributed by atoms with van der Waals surface area (Å²) < 4.78 is 0. The molecule has 0 bridgehead atoms. The van der Waals surface area contributed by atoms with E-state index in [1.807, 2.05) is 20.8 Å². The molecular weight excluding hydrogens is 190 g/mol. The Kier molecular flexibility index (Phi) is 3.72. The van der Waals surface area contributed by atoms with Crippen LogP contribution < -0.4 is 5.32 Å². The highest BCUT2D eigenvalue weighted by Crippen LogP contribution is 2.15. The number of hydrogen-bond donors (Lipinski definition) is 2. The molecule has 0 saturated carbocycles. The molecule has 0 heterocycles. The third kappa shape index (κ3) is 3.27. The minimum Gasteiger partial charge on any atom is -0.508 e. The monoisotopic (exact) mass is 207 g/mol. The van der Waals surface area contributed by atoms with Gasteiger partial charge in [0.2, 0.25) is 0 Å². The molecule has 2 N–H and O–H groups in total. The van der Waals surface area contributed by atoms with Gasteiger partial charge in [-0.3, -0.25) is 4.79 Å². The first-order chi connectivity index (χ1) is 7.00. The Morgan fingerprint density at radius 3 is 2.67 bits per heavy atom. The molecule has 0 aliphatic carbocycles. The fourth-order valence-electron chi connectivity index (χ4n) is 1.29. The van der Waals surface area contributed by atoms with Gasteiger partial charge in [0.25, 0.3) is 5.91 Å². The second-order valence-corrected chi connectivity index (χ2v) is 4.10. The number of aryl methyl sites for hydroxylation is 1. The topological polar surface area (TPSA) is 49.3 Å². The highest BCUT2D eigenvalue weighted by molar-refractivity contribution is 5.95. The molecule has 0 aliphatic heterocycles. The number of benzene rings is 1. The van der Waals surface area contributed by atoms with Gasteiger partial charge in [-0.1, -0.05) is 13.8 Å². The second-order valence-electron chi connectivity index (χ2n) is 4.10. The zero-order chi connectivity index (χ0) is 11.4. The van der Waals surface area contributed by atoms with Crippen LogP contribution >= 0.6 is 0 Å². The standard InChI is InChI=1S/C12H17NO2/c1-8(2)7-13-12(15)11-5-4-10(14)6-9(11)3/h4-6,8,14H,7H2,1-3H3,(H,13,15). The molecule has 0 aromatic heterocycles. The van der Waals surface area contributed by atoms with Gasteiger partial charge < -0.3 is 10.4 Å². The van der Waals surface area contributed by atoms with Crippen LogP contribution in [0.1, 0.15) is 29.8 Å². The summed E-state index contributed by atoms with van der Waals surface area (Å²) in [6, 6.07) is 4.75. The van der Waals surface area contributed by atoms with Gasteiger partial charge in [-0.15, -0.1) is 0 Å². The van der Waals surface area contributed by atoms with E-state index in [0.29, 0.717) is 18.0 Å². The molecule has 1 amide bonds. The van der Waals surface area contributed by atoms with Gasteiger partial charge >= 0.3 is 0 Å². The van der Waals surface area contributed by atoms with Crippen LogP contribution in [0, 0.1) is 12.8 Å². The summed E-state index contributed by atoms with van der Waals surface area (Å²) in [6.45, 7) is 6.57. The van der Waals surface area contributed by atoms with Crippen LogP contribution in [0.5, 0.6) is 5.75 Å². The van der Waals surface area contributed by atoms with E-state index in [1.165, 1.54) is 6.07 Å². The average Bonchev–Trinajstić information content (AvgIpc) is 2.14. The first-order valence-corrected chi connectivity index (χ1v) is 5.08. The maximum absolute atomic E-state index is 11.7. The summed E-state index contributed by atoms with van der Waals surface area (Å²) in [7, 11) is 0. The van der Waals surface area contributed by atoms with Gasteiger partial charge in [-0.25, -0.2) is 0 Å². The lowest BCUT2D eigenvalue weighted by atomic mass is 10.1. The summed E-state index contributed by atoms with van der Waals surface area (Å²) in [5, 5.41) is 12.0. The third-order valence-corrected chi connectivity index (χ3v) is 2.13. The summed E-state index contributed by atoms with van der Waals surface area (Å²) in [5.74, 6) is 0.542. The maximum Gasteiger partial charge on any atom is 0.251 e. The molecule has 0 radical (unpaired) electrons. The number of phenols is 1. The molecule has 0 atom stereocenters. The Morgan fingerprint density at radius 2 is 2.13 bits per heavy atom. The number of carbonyl (C=O) groups excluding carboxylic acids is 1. The van der Waals surface area contributed by atoms with Crippen LogP contribution in [-0.4, -0.2) is 17.6 Å². The molecule has 0 fully saturated rings. The quantitative estimate of drug-likeness (QED) is 0.797. The van der Waals surface area contributed by atoms with Gasteiger partial charge in [-0.2, -0.15) is 0 Å². The van der Waals surface area contributed by atoms with Crippen LogP contribution in [0.4, 0.5) is 0 Å². The van der Waals surface area contributed by atoms with Crippen molar-refractivity contribution < 1.29 is 9.90 Å². The number of nitrogens with one attached hydrogen (secondary N) is 1. The zero-order valence-corrected chi connectivity index (χ0v) is 9.37. The van der Waals surface area contributed by atoms with E-state index in [4.69, 9.17) is 0 Å². The Labute approximate surface area is 90.1 Å². The number of hydrogen-bond acceptors (Lipinski definition) is 2. The average molecular weight is 207 g/mol. The van der Waals surface area contributed by atoms with Gasteiger partial charge in [0.1, 0.15) is 5.75 Å². The Hall–Kier alpha value is -1.51. The predicted octanol–water partition coefficient (Wildman–Crippen LogP) is 2.09. The lowest BCUT2D eigenvalue weighted by Crippen LogP contribution is -2.27. The van der Waals surface area contributed by atoms with E-state index in [2.05, 4.69) is 5.32 Å². The van der Waals surface area contributed by atoms with Crippen LogP contribution in [0.25, 0.3) is 0 Å². The predicted molar refractivity (Wildman–Crippen MR) is 60.0 cm³/mol. The molecule has 3 nitrogen and oxygen atoms in total. The molecule has 1 aromatic rings. The molecule has 3 heteroatoms. The Balaban J connectivity index is 2.74. The van der Waals surface area contributed by atoms with Gasteiger partial charge in [0, 0.05) is 12.1 Å². The molecule has 0 spiro atoms. The van der Waals surface area contributed by atoms with E-state index < -0.39 is 0 Å². The number of aromatic hydroxyl groups is 1. The van der Waals surface area contributed by atoms with Crippen molar-refractivity contribution >= 4 is 5.91 Å². The van der Waals surface area contributed by atoms with Crippen molar-refractivity contribution in [3.63, 3.8) is 0 Å². The third-order valence-electron chi connectivity index (χ3n) is 2.13. The fraction of sp³-hybridized carbons (Fsp3) is 0.417. The van der Waals surface area contributed by atoms with Crippen molar-refractivity contribution in [1.82, 2.24) is 5.32 Å². The van der Waals surface area contributed by atoms with Crippen molar-refractivity contribution in [2.45, 2.75) is 20.8 Å². The molecule has 82 valence electrons. The number of amides is 1. The summed E-state index contributed by atoms with van der Waals surface area (Å²) in [6.07, 6.45) is 0. The summed E-state index contributed by atoms with van der Waals surface area (Å²) >= 11 is 0. The van der Waals surface area contributed by atoms with Crippen LogP contribution in [-0.2, 0) is 0 Å². The molecular formula is C12H17NO2. The smallest absolute Gasteiger partial charge is 0.251 e. The summed E-state index contributed by atoms with van der Waals surface area (Å²) in [4.78, 5) is 11.7.